The zero-order chi connectivity index (χ0) is 14.5. The van der Waals surface area contributed by atoms with E-state index in [-0.39, 0.29) is 18.1 Å². The zero-order valence-corrected chi connectivity index (χ0v) is 12.5. The number of hydrogen-bond acceptors (Lipinski definition) is 4. The SMILES string of the molecule is CCCOCC(C)NC(=O)NC(C)COCCOC. The molecule has 0 aromatic carbocycles. The summed E-state index contributed by atoms with van der Waals surface area (Å²) in [6, 6.07) is -0.246. The van der Waals surface area contributed by atoms with Gasteiger partial charge >= 0.3 is 6.03 Å². The van der Waals surface area contributed by atoms with E-state index in [1.54, 1.807) is 7.11 Å². The highest BCUT2D eigenvalue weighted by Gasteiger charge is 2.10. The van der Waals surface area contributed by atoms with Gasteiger partial charge in [-0.15, -0.1) is 0 Å². The van der Waals surface area contributed by atoms with Crippen molar-refractivity contribution in [3.63, 3.8) is 0 Å². The summed E-state index contributed by atoms with van der Waals surface area (Å²) in [5, 5.41) is 5.62. The second-order valence-corrected chi connectivity index (χ2v) is 4.56. The van der Waals surface area contributed by atoms with Gasteiger partial charge in [0.05, 0.1) is 38.5 Å². The molecule has 114 valence electrons. The lowest BCUT2D eigenvalue weighted by Crippen LogP contribution is -2.47. The van der Waals surface area contributed by atoms with Gasteiger partial charge in [-0.3, -0.25) is 0 Å². The van der Waals surface area contributed by atoms with Crippen LogP contribution in [0.3, 0.4) is 0 Å². The molecule has 0 aromatic rings. The lowest BCUT2D eigenvalue weighted by Gasteiger charge is -2.18. The number of carbonyl (C=O) groups excluding carboxylic acids is 1. The van der Waals surface area contributed by atoms with Crippen LogP contribution in [0, 0.1) is 0 Å². The van der Waals surface area contributed by atoms with Crippen molar-refractivity contribution >= 4 is 6.03 Å². The average Bonchev–Trinajstić information content (AvgIpc) is 2.34. The number of amides is 2. The number of methoxy groups -OCH3 is 1. The summed E-state index contributed by atoms with van der Waals surface area (Å²) in [4.78, 5) is 11.6. The van der Waals surface area contributed by atoms with Crippen LogP contribution in [0.15, 0.2) is 0 Å². The highest BCUT2D eigenvalue weighted by atomic mass is 16.5. The first kappa shape index (κ1) is 18.1. The Kier molecular flexibility index (Phi) is 11.7. The smallest absolute Gasteiger partial charge is 0.315 e. The van der Waals surface area contributed by atoms with E-state index in [9.17, 15) is 4.79 Å². The van der Waals surface area contributed by atoms with Crippen LogP contribution in [0.25, 0.3) is 0 Å². The topological polar surface area (TPSA) is 68.8 Å². The Morgan fingerprint density at radius 1 is 1.00 bits per heavy atom. The molecule has 0 saturated carbocycles. The molecule has 0 fully saturated rings. The predicted octanol–water partition coefficient (Wildman–Crippen LogP) is 1.15. The number of carbonyl (C=O) groups is 1. The molecule has 2 amide bonds. The minimum absolute atomic E-state index is 0.00633. The summed E-state index contributed by atoms with van der Waals surface area (Å²) in [6.45, 7) is 8.67. The van der Waals surface area contributed by atoms with Gasteiger partial charge in [0.15, 0.2) is 0 Å². The van der Waals surface area contributed by atoms with E-state index in [4.69, 9.17) is 14.2 Å². The molecule has 2 atom stereocenters. The quantitative estimate of drug-likeness (QED) is 0.556. The van der Waals surface area contributed by atoms with E-state index in [2.05, 4.69) is 17.6 Å². The molecular weight excluding hydrogens is 248 g/mol. The Hall–Kier alpha value is -0.850. The van der Waals surface area contributed by atoms with Crippen molar-refractivity contribution in [2.75, 3.05) is 40.1 Å². The van der Waals surface area contributed by atoms with Crippen LogP contribution in [0.4, 0.5) is 4.79 Å². The number of rotatable bonds is 11. The van der Waals surface area contributed by atoms with Gasteiger partial charge in [0.1, 0.15) is 0 Å². The molecule has 6 nitrogen and oxygen atoms in total. The van der Waals surface area contributed by atoms with Crippen molar-refractivity contribution in [3.8, 4) is 0 Å². The molecule has 0 radical (unpaired) electrons. The van der Waals surface area contributed by atoms with Crippen LogP contribution in [-0.2, 0) is 14.2 Å². The third-order valence-corrected chi connectivity index (χ3v) is 2.27. The van der Waals surface area contributed by atoms with Crippen molar-refractivity contribution in [2.24, 2.45) is 0 Å². The van der Waals surface area contributed by atoms with E-state index in [1.165, 1.54) is 0 Å². The zero-order valence-electron chi connectivity index (χ0n) is 12.5. The van der Waals surface area contributed by atoms with Crippen LogP contribution in [0.1, 0.15) is 27.2 Å². The van der Waals surface area contributed by atoms with Crippen molar-refractivity contribution in [1.82, 2.24) is 10.6 Å². The fourth-order valence-electron chi connectivity index (χ4n) is 1.38. The third-order valence-electron chi connectivity index (χ3n) is 2.27. The Morgan fingerprint density at radius 3 is 2.00 bits per heavy atom. The van der Waals surface area contributed by atoms with Crippen LogP contribution in [0.5, 0.6) is 0 Å². The van der Waals surface area contributed by atoms with Crippen molar-refractivity contribution < 1.29 is 19.0 Å². The van der Waals surface area contributed by atoms with E-state index in [0.717, 1.165) is 13.0 Å². The van der Waals surface area contributed by atoms with Crippen molar-refractivity contribution in [3.05, 3.63) is 0 Å². The number of ether oxygens (including phenoxy) is 3. The molecular formula is C13H28N2O4. The lowest BCUT2D eigenvalue weighted by atomic mass is 10.3. The predicted molar refractivity (Wildman–Crippen MR) is 74.4 cm³/mol. The Bertz CT molecular complexity index is 227. The van der Waals surface area contributed by atoms with Gasteiger partial charge in [-0.05, 0) is 20.3 Å². The monoisotopic (exact) mass is 276 g/mol. The van der Waals surface area contributed by atoms with Gasteiger partial charge in [-0.2, -0.15) is 0 Å². The maximum absolute atomic E-state index is 11.6. The first-order valence-electron chi connectivity index (χ1n) is 6.81. The molecule has 0 aromatic heterocycles. The minimum Gasteiger partial charge on any atom is -0.382 e. The second kappa shape index (κ2) is 12.2. The molecule has 19 heavy (non-hydrogen) atoms. The third kappa shape index (κ3) is 11.9. The van der Waals surface area contributed by atoms with Crippen LogP contribution < -0.4 is 10.6 Å². The number of urea groups is 1. The standard InChI is InChI=1S/C13H28N2O4/c1-5-6-18-9-11(2)14-13(16)15-12(3)10-19-8-7-17-4/h11-12H,5-10H2,1-4H3,(H2,14,15,16). The van der Waals surface area contributed by atoms with Gasteiger partial charge in [-0.1, -0.05) is 6.92 Å². The molecule has 0 aliphatic carbocycles. The number of hydrogen-bond donors (Lipinski definition) is 2. The highest BCUT2D eigenvalue weighted by molar-refractivity contribution is 5.74. The largest absolute Gasteiger partial charge is 0.382 e. The van der Waals surface area contributed by atoms with Gasteiger partial charge in [0.25, 0.3) is 0 Å². The summed E-state index contributed by atoms with van der Waals surface area (Å²) in [5.74, 6) is 0. The van der Waals surface area contributed by atoms with Crippen LogP contribution in [0.2, 0.25) is 0 Å². The first-order chi connectivity index (χ1) is 9.10. The first-order valence-corrected chi connectivity index (χ1v) is 6.81. The highest BCUT2D eigenvalue weighted by Crippen LogP contribution is 1.89. The van der Waals surface area contributed by atoms with E-state index < -0.39 is 0 Å². The van der Waals surface area contributed by atoms with Crippen LogP contribution >= 0.6 is 0 Å². The normalized spacial score (nSPS) is 13.9. The summed E-state index contributed by atoms with van der Waals surface area (Å²) in [6.07, 6.45) is 0.981. The van der Waals surface area contributed by atoms with Gasteiger partial charge in [0.2, 0.25) is 0 Å². The molecule has 0 rings (SSSR count). The molecule has 0 aliphatic heterocycles. The fourth-order valence-corrected chi connectivity index (χ4v) is 1.38. The summed E-state index contributed by atoms with van der Waals surface area (Å²) in [7, 11) is 1.63. The molecule has 0 spiro atoms. The molecule has 6 heteroatoms. The number of nitrogens with one attached hydrogen (secondary N) is 2. The Balaban J connectivity index is 3.60. The van der Waals surface area contributed by atoms with Crippen molar-refractivity contribution in [1.29, 1.82) is 0 Å². The molecule has 0 saturated heterocycles. The van der Waals surface area contributed by atoms with Crippen molar-refractivity contribution in [2.45, 2.75) is 39.3 Å². The molecule has 2 N–H and O–H groups in total. The van der Waals surface area contributed by atoms with E-state index >= 15 is 0 Å². The van der Waals surface area contributed by atoms with E-state index in [1.807, 2.05) is 13.8 Å². The summed E-state index contributed by atoms with van der Waals surface area (Å²) in [5.41, 5.74) is 0. The molecule has 0 aliphatic rings. The fraction of sp³-hybridized carbons (Fsp3) is 0.923. The second-order valence-electron chi connectivity index (χ2n) is 4.56. The lowest BCUT2D eigenvalue weighted by molar-refractivity contribution is 0.0620. The minimum atomic E-state index is -0.199. The molecule has 2 unspecified atom stereocenters. The average molecular weight is 276 g/mol. The maximum Gasteiger partial charge on any atom is 0.315 e. The van der Waals surface area contributed by atoms with Gasteiger partial charge in [0, 0.05) is 13.7 Å². The van der Waals surface area contributed by atoms with Crippen LogP contribution in [-0.4, -0.2) is 58.3 Å². The van der Waals surface area contributed by atoms with Gasteiger partial charge < -0.3 is 24.8 Å². The van der Waals surface area contributed by atoms with E-state index in [0.29, 0.717) is 26.4 Å². The van der Waals surface area contributed by atoms with Gasteiger partial charge in [-0.25, -0.2) is 4.79 Å². The maximum atomic E-state index is 11.6. The Labute approximate surface area is 116 Å². The molecule has 0 bridgehead atoms. The summed E-state index contributed by atoms with van der Waals surface area (Å²) >= 11 is 0. The molecule has 0 heterocycles. The Morgan fingerprint density at radius 2 is 1.53 bits per heavy atom. The summed E-state index contributed by atoms with van der Waals surface area (Å²) < 4.78 is 15.6.